The number of likely N-dealkylation sites (tertiary alicyclic amines) is 1. The summed E-state index contributed by atoms with van der Waals surface area (Å²) < 4.78 is 2.72. The van der Waals surface area contributed by atoms with E-state index in [1.165, 1.54) is 151 Å². The van der Waals surface area contributed by atoms with Crippen molar-refractivity contribution in [3.63, 3.8) is 0 Å². The number of allylic oxidation sites excluding steroid dienone is 1. The van der Waals surface area contributed by atoms with Gasteiger partial charge in [-0.3, -0.25) is 14.5 Å². The fourth-order valence-corrected chi connectivity index (χ4v) is 22.2. The zero-order chi connectivity index (χ0) is 56.7. The van der Waals surface area contributed by atoms with E-state index in [2.05, 4.69) is 169 Å². The van der Waals surface area contributed by atoms with Gasteiger partial charge in [-0.15, -0.1) is 81.6 Å². The van der Waals surface area contributed by atoms with Crippen LogP contribution in [0.3, 0.4) is 0 Å². The standard InChI is InChI=1S/C72H85NO2S6/c1-9-16-20-22-23-31-38-52-40-42-56(77-52)60-54-47-58(72(44-19-12-4,48(8)14-6)50-35-28-25-29-36-50)79-64(54)59(55-41-39-51(76-55)37-30-21-17-10-2)53-46-57(78-63(53)60)65-66-61(62-67(80-66)70(75)73(45-13-5)69(62)74)68(81-65)71(15-7,43-32-18-11-3)49-33-26-24-27-34-49/h12-13,24-29,33-36,39-42,46-48,62,67H,4-5,9-11,14-23,30-32,37-38,43-45H2,1-3,6-8H3. The lowest BCUT2D eigenvalue weighted by Crippen LogP contribution is -2.34. The zero-order valence-electron chi connectivity index (χ0n) is 49.1. The van der Waals surface area contributed by atoms with Crippen LogP contribution in [0.15, 0.2) is 127 Å². The Morgan fingerprint density at radius 2 is 1.17 bits per heavy atom. The van der Waals surface area contributed by atoms with Gasteiger partial charge in [0.1, 0.15) is 5.25 Å². The van der Waals surface area contributed by atoms with Crippen LogP contribution < -0.4 is 0 Å². The Morgan fingerprint density at radius 1 is 0.593 bits per heavy atom. The highest BCUT2D eigenvalue weighted by atomic mass is 32.2. The highest BCUT2D eigenvalue weighted by Gasteiger charge is 2.57. The minimum atomic E-state index is -0.517. The number of imide groups is 1. The fraction of sp³-hybridized carbons (Fsp3) is 0.444. The number of unbranched alkanes of at least 4 members (excludes halogenated alkanes) is 10. The SMILES string of the molecule is C=CCCC(c1ccccc1)(c1cc2c(-c3ccc(CCCCCCCC)s3)c3sc(-c4sc(C(CC)(CCCCC)c5ccccc5)c5c4SC4C(=O)N(CC=C)C(=O)C54)cc3c(-c3ccc(CCCCCC)s3)c2s1)C(C)CC. The fourth-order valence-electron chi connectivity index (χ4n) is 13.5. The topological polar surface area (TPSA) is 37.4 Å². The second-order valence-electron chi connectivity index (χ2n) is 23.1. The quantitative estimate of drug-likeness (QED) is 0.0247. The maximum absolute atomic E-state index is 14.9. The molecule has 3 nitrogen and oxygen atoms in total. The molecule has 9 heteroatoms. The van der Waals surface area contributed by atoms with Crippen LogP contribution in [0.1, 0.15) is 199 Å². The van der Waals surface area contributed by atoms with Gasteiger partial charge in [0, 0.05) is 87.7 Å². The lowest BCUT2D eigenvalue weighted by molar-refractivity contribution is -0.138. The number of thiophene rings is 5. The summed E-state index contributed by atoms with van der Waals surface area (Å²) in [5.74, 6) is -0.276. The largest absolute Gasteiger partial charge is 0.277 e. The first-order chi connectivity index (χ1) is 39.6. The first-order valence-electron chi connectivity index (χ1n) is 30.9. The van der Waals surface area contributed by atoms with Crippen molar-refractivity contribution in [2.45, 2.75) is 197 Å². The van der Waals surface area contributed by atoms with Crippen LogP contribution in [0.25, 0.3) is 50.8 Å². The second-order valence-corrected chi connectivity index (χ2v) is 29.8. The zero-order valence-corrected chi connectivity index (χ0v) is 54.0. The van der Waals surface area contributed by atoms with Crippen LogP contribution in [0, 0.1) is 5.92 Å². The predicted octanol–water partition coefficient (Wildman–Crippen LogP) is 23.0. The molecule has 1 saturated heterocycles. The maximum atomic E-state index is 14.9. The first kappa shape index (κ1) is 59.8. The molecule has 1 fully saturated rings. The summed E-state index contributed by atoms with van der Waals surface area (Å²) in [6.07, 6.45) is 27.0. The van der Waals surface area contributed by atoms with Crippen LogP contribution in [0.2, 0.25) is 0 Å². The normalized spacial score (nSPS) is 17.0. The van der Waals surface area contributed by atoms with Gasteiger partial charge in [-0.2, -0.15) is 0 Å². The molecule has 8 aromatic rings. The van der Waals surface area contributed by atoms with Crippen LogP contribution in [-0.4, -0.2) is 28.5 Å². The average molecular weight is 1190 g/mol. The van der Waals surface area contributed by atoms with E-state index in [9.17, 15) is 9.59 Å². The number of benzene rings is 3. The summed E-state index contributed by atoms with van der Waals surface area (Å²) >= 11 is 11.6. The van der Waals surface area contributed by atoms with Gasteiger partial charge in [0.05, 0.1) is 10.8 Å². The Labute approximate surface area is 509 Å². The van der Waals surface area contributed by atoms with E-state index in [4.69, 9.17) is 0 Å². The Bertz CT molecular complexity index is 3440. The van der Waals surface area contributed by atoms with Crippen molar-refractivity contribution in [2.24, 2.45) is 5.92 Å². The summed E-state index contributed by atoms with van der Waals surface area (Å²) in [6.45, 7) is 22.6. The third-order valence-electron chi connectivity index (χ3n) is 18.2. The number of fused-ring (bicyclic) bond motifs is 5. The Balaban J connectivity index is 1.26. The molecule has 0 spiro atoms. The molecule has 7 heterocycles. The average Bonchev–Trinajstić information content (AvgIpc) is 2.38. The molecular weight excluding hydrogens is 1100 g/mol. The molecule has 10 rings (SSSR count). The third-order valence-corrected chi connectivity index (χ3v) is 26.1. The van der Waals surface area contributed by atoms with Crippen molar-refractivity contribution >= 4 is 100 Å². The van der Waals surface area contributed by atoms with Gasteiger partial charge in [-0.1, -0.05) is 191 Å². The van der Waals surface area contributed by atoms with Gasteiger partial charge in [-0.25, -0.2) is 0 Å². The predicted molar refractivity (Wildman–Crippen MR) is 359 cm³/mol. The lowest BCUT2D eigenvalue weighted by Gasteiger charge is -2.39. The van der Waals surface area contributed by atoms with E-state index >= 15 is 0 Å². The number of thioether (sulfide) groups is 1. The van der Waals surface area contributed by atoms with Gasteiger partial charge in [0.2, 0.25) is 11.8 Å². The number of carbonyl (C=O) groups excluding carboxylic acids is 2. The summed E-state index contributed by atoms with van der Waals surface area (Å²) in [5, 5.41) is 2.21. The molecule has 426 valence electrons. The second kappa shape index (κ2) is 27.1. The van der Waals surface area contributed by atoms with E-state index in [1.807, 2.05) is 45.3 Å². The van der Waals surface area contributed by atoms with Crippen LogP contribution >= 0.6 is 68.4 Å². The molecule has 2 aliphatic heterocycles. The van der Waals surface area contributed by atoms with E-state index in [0.29, 0.717) is 5.92 Å². The molecule has 3 aromatic carbocycles. The molecule has 0 N–H and O–H groups in total. The monoisotopic (exact) mass is 1190 g/mol. The molecule has 0 bridgehead atoms. The minimum absolute atomic E-state index is 0.0694. The smallest absolute Gasteiger partial charge is 0.244 e. The number of nitrogens with zero attached hydrogens (tertiary/aromatic N) is 1. The van der Waals surface area contributed by atoms with Gasteiger partial charge in [0.25, 0.3) is 0 Å². The minimum Gasteiger partial charge on any atom is -0.277 e. The molecule has 0 aliphatic carbocycles. The van der Waals surface area contributed by atoms with Crippen molar-refractivity contribution in [1.82, 2.24) is 4.90 Å². The van der Waals surface area contributed by atoms with Crippen molar-refractivity contribution in [3.05, 3.63) is 159 Å². The number of amides is 2. The Morgan fingerprint density at radius 3 is 1.78 bits per heavy atom. The van der Waals surface area contributed by atoms with Crippen molar-refractivity contribution in [2.75, 3.05) is 6.54 Å². The van der Waals surface area contributed by atoms with Gasteiger partial charge >= 0.3 is 0 Å². The molecule has 0 saturated carbocycles. The molecule has 5 aromatic heterocycles. The van der Waals surface area contributed by atoms with Crippen molar-refractivity contribution in [3.8, 4) is 30.6 Å². The first-order valence-corrected chi connectivity index (χ1v) is 35.8. The Hall–Kier alpha value is -4.35. The maximum Gasteiger partial charge on any atom is 0.244 e. The highest BCUT2D eigenvalue weighted by molar-refractivity contribution is 8.01. The number of hydrogen-bond acceptors (Lipinski definition) is 8. The number of hydrogen-bond donors (Lipinski definition) is 0. The molecule has 2 amide bonds. The molecule has 5 unspecified atom stereocenters. The summed E-state index contributed by atoms with van der Waals surface area (Å²) in [5.41, 5.74) is 6.01. The molecule has 81 heavy (non-hydrogen) atoms. The summed E-state index contributed by atoms with van der Waals surface area (Å²) in [6, 6.07) is 37.5. The van der Waals surface area contributed by atoms with Gasteiger partial charge in [-0.05, 0) is 110 Å². The molecule has 0 radical (unpaired) electrons. The lowest BCUT2D eigenvalue weighted by atomic mass is 9.66. The van der Waals surface area contributed by atoms with Crippen LogP contribution in [0.5, 0.6) is 0 Å². The van der Waals surface area contributed by atoms with E-state index < -0.39 is 11.2 Å². The van der Waals surface area contributed by atoms with E-state index in [-0.39, 0.29) is 29.2 Å². The Kier molecular flexibility index (Phi) is 20.0. The molecule has 2 aliphatic rings. The summed E-state index contributed by atoms with van der Waals surface area (Å²) in [7, 11) is 0. The van der Waals surface area contributed by atoms with E-state index in [1.54, 1.807) is 17.8 Å². The highest BCUT2D eigenvalue weighted by Crippen LogP contribution is 2.64. The van der Waals surface area contributed by atoms with Crippen molar-refractivity contribution < 1.29 is 9.59 Å². The molecular formula is C72H85NO2S6. The molecule has 5 atom stereocenters. The third kappa shape index (κ3) is 11.5. The van der Waals surface area contributed by atoms with E-state index in [0.717, 1.165) is 74.7 Å². The van der Waals surface area contributed by atoms with Gasteiger partial charge < -0.3 is 0 Å². The number of rotatable bonds is 31. The van der Waals surface area contributed by atoms with Crippen molar-refractivity contribution in [1.29, 1.82) is 0 Å². The van der Waals surface area contributed by atoms with Crippen LogP contribution in [-0.2, 0) is 33.3 Å². The van der Waals surface area contributed by atoms with Gasteiger partial charge in [0.15, 0.2) is 0 Å². The number of aryl methyl sites for hydroxylation is 2. The summed E-state index contributed by atoms with van der Waals surface area (Å²) in [4.78, 5) is 42.9. The van der Waals surface area contributed by atoms with Crippen LogP contribution in [0.4, 0.5) is 0 Å². The number of carbonyl (C=O) groups is 2.